The first-order chi connectivity index (χ1) is 24.5. The van der Waals surface area contributed by atoms with Gasteiger partial charge in [-0.05, 0) is 67.8 Å². The summed E-state index contributed by atoms with van der Waals surface area (Å²) in [5.41, 5.74) is 1.01. The molecule has 2 aliphatic heterocycles. The van der Waals surface area contributed by atoms with Crippen molar-refractivity contribution in [1.29, 1.82) is 0 Å². The van der Waals surface area contributed by atoms with Crippen LogP contribution in [0.15, 0.2) is 66.7 Å². The van der Waals surface area contributed by atoms with Crippen LogP contribution in [0.1, 0.15) is 55.9 Å². The van der Waals surface area contributed by atoms with E-state index < -0.39 is 23.6 Å². The van der Waals surface area contributed by atoms with Gasteiger partial charge in [-0.15, -0.1) is 0 Å². The number of rotatable bonds is 10. The molecule has 0 saturated carbocycles. The third-order valence-corrected chi connectivity index (χ3v) is 8.96. The van der Waals surface area contributed by atoms with Crippen LogP contribution < -0.4 is 15.5 Å². The van der Waals surface area contributed by atoms with E-state index in [-0.39, 0.29) is 40.1 Å². The van der Waals surface area contributed by atoms with Gasteiger partial charge in [-0.1, -0.05) is 18.2 Å². The summed E-state index contributed by atoms with van der Waals surface area (Å²) in [5.74, 6) is -1.49. The summed E-state index contributed by atoms with van der Waals surface area (Å²) in [6, 6.07) is 16.1. The number of aromatic amines is 1. The number of ether oxygens (including phenoxy) is 1. The summed E-state index contributed by atoms with van der Waals surface area (Å²) in [4.78, 5) is 50.7. The summed E-state index contributed by atoms with van der Waals surface area (Å²) < 4.78 is 45.2. The average Bonchev–Trinajstić information content (AvgIpc) is 3.62. The molecule has 0 spiro atoms. The van der Waals surface area contributed by atoms with Gasteiger partial charge in [-0.25, -0.2) is 5.10 Å². The van der Waals surface area contributed by atoms with Gasteiger partial charge in [0.1, 0.15) is 0 Å². The van der Waals surface area contributed by atoms with Gasteiger partial charge in [0.15, 0.2) is 5.82 Å². The molecule has 4 aromatic rings. The minimum atomic E-state index is -4.54. The van der Waals surface area contributed by atoms with Gasteiger partial charge in [0.25, 0.3) is 17.7 Å². The number of morpholine rings is 1. The molecule has 0 bridgehead atoms. The van der Waals surface area contributed by atoms with Gasteiger partial charge in [0.05, 0.1) is 30.0 Å². The van der Waals surface area contributed by atoms with Crippen LogP contribution in [0.2, 0.25) is 0 Å². The smallest absolute Gasteiger partial charge is 0.379 e. The van der Waals surface area contributed by atoms with Crippen molar-refractivity contribution >= 4 is 35.0 Å². The standard InChI is InChI=1S/C36H39F3N8O4/c1-45(15-16-46-17-19-51-20-18-46)34(50)26-9-5-8-25(21-26)32(48)40-30-12-11-28(47-13-3-2-4-14-47)23-29(30)33(49)42-35-41-31(43-44-35)24-7-6-10-27(22-24)36(37,38)39/h5-12,21-23H,2-4,13-20H2,1H3,(H,40,48)(H2,41,42,43,44,49). The first-order valence-electron chi connectivity index (χ1n) is 16.8. The van der Waals surface area contributed by atoms with Crippen LogP contribution >= 0.6 is 0 Å². The molecule has 2 fully saturated rings. The highest BCUT2D eigenvalue weighted by Crippen LogP contribution is 2.32. The van der Waals surface area contributed by atoms with Crippen LogP contribution in [0.3, 0.4) is 0 Å². The Bertz CT molecular complexity index is 1870. The predicted octanol–water partition coefficient (Wildman–Crippen LogP) is 5.39. The molecular formula is C36H39F3N8O4. The highest BCUT2D eigenvalue weighted by molar-refractivity contribution is 6.13. The molecule has 2 saturated heterocycles. The lowest BCUT2D eigenvalue weighted by Crippen LogP contribution is -2.41. The van der Waals surface area contributed by atoms with Crippen molar-refractivity contribution in [3.05, 3.63) is 89.0 Å². The van der Waals surface area contributed by atoms with Crippen molar-refractivity contribution in [3.63, 3.8) is 0 Å². The van der Waals surface area contributed by atoms with Crippen LogP contribution in [0.4, 0.5) is 30.5 Å². The number of amides is 3. The van der Waals surface area contributed by atoms with E-state index in [4.69, 9.17) is 4.74 Å². The zero-order chi connectivity index (χ0) is 36.0. The Morgan fingerprint density at radius 3 is 2.39 bits per heavy atom. The lowest BCUT2D eigenvalue weighted by atomic mass is 10.1. The lowest BCUT2D eigenvalue weighted by Gasteiger charge is -2.29. The van der Waals surface area contributed by atoms with E-state index in [1.807, 2.05) is 6.07 Å². The number of benzene rings is 3. The van der Waals surface area contributed by atoms with Gasteiger partial charge >= 0.3 is 6.18 Å². The number of piperidine rings is 1. The largest absolute Gasteiger partial charge is 0.416 e. The van der Waals surface area contributed by atoms with Crippen LogP contribution in [0.5, 0.6) is 0 Å². The Hall–Kier alpha value is -5.28. The molecule has 0 radical (unpaired) electrons. The number of H-pyrrole nitrogens is 1. The Morgan fingerprint density at radius 2 is 1.63 bits per heavy atom. The average molecular weight is 705 g/mol. The Balaban J connectivity index is 1.19. The van der Waals surface area contributed by atoms with Crippen LogP contribution in [-0.4, -0.2) is 102 Å². The van der Waals surface area contributed by atoms with E-state index in [1.54, 1.807) is 42.3 Å². The van der Waals surface area contributed by atoms with E-state index in [1.165, 1.54) is 18.2 Å². The summed E-state index contributed by atoms with van der Waals surface area (Å²) in [6.45, 7) is 5.83. The molecule has 15 heteroatoms. The van der Waals surface area contributed by atoms with Crippen molar-refractivity contribution in [3.8, 4) is 11.4 Å². The maximum atomic E-state index is 13.7. The topological polar surface area (TPSA) is 136 Å². The van der Waals surface area contributed by atoms with Crippen molar-refractivity contribution in [2.75, 3.05) is 75.1 Å². The molecule has 3 N–H and O–H groups in total. The molecule has 6 rings (SSSR count). The Labute approximate surface area is 293 Å². The fraction of sp³-hybridized carbons (Fsp3) is 0.361. The summed E-state index contributed by atoms with van der Waals surface area (Å²) in [7, 11) is 1.72. The number of halogens is 3. The number of anilines is 3. The molecule has 3 amide bonds. The monoisotopic (exact) mass is 704 g/mol. The van der Waals surface area contributed by atoms with Gasteiger partial charge in [-0.2, -0.15) is 23.3 Å². The van der Waals surface area contributed by atoms with Crippen molar-refractivity contribution in [2.24, 2.45) is 0 Å². The van der Waals surface area contributed by atoms with Crippen LogP contribution in [0, 0.1) is 0 Å². The quantitative estimate of drug-likeness (QED) is 0.200. The number of likely N-dealkylation sites (N-methyl/N-ethyl adjacent to an activating group) is 1. The first-order valence-corrected chi connectivity index (χ1v) is 16.8. The van der Waals surface area contributed by atoms with Crippen LogP contribution in [0.25, 0.3) is 11.4 Å². The number of carbonyl (C=O) groups excluding carboxylic acids is 3. The molecule has 51 heavy (non-hydrogen) atoms. The molecule has 2 aliphatic rings. The van der Waals surface area contributed by atoms with Crippen molar-refractivity contribution < 1.29 is 32.3 Å². The normalized spacial score (nSPS) is 15.3. The molecule has 3 heterocycles. The number of nitrogens with one attached hydrogen (secondary N) is 3. The number of aromatic nitrogens is 3. The Morgan fingerprint density at radius 1 is 0.882 bits per heavy atom. The minimum absolute atomic E-state index is 0.0341. The number of carbonyl (C=O) groups is 3. The zero-order valence-electron chi connectivity index (χ0n) is 28.1. The van der Waals surface area contributed by atoms with E-state index >= 15 is 0 Å². The molecule has 0 aliphatic carbocycles. The third-order valence-electron chi connectivity index (χ3n) is 8.96. The second-order valence-corrected chi connectivity index (χ2v) is 12.5. The number of hydrogen-bond donors (Lipinski definition) is 3. The second kappa shape index (κ2) is 15.7. The van der Waals surface area contributed by atoms with Gasteiger partial charge in [-0.3, -0.25) is 24.6 Å². The predicted molar refractivity (Wildman–Crippen MR) is 186 cm³/mol. The van der Waals surface area contributed by atoms with E-state index in [2.05, 4.69) is 35.6 Å². The van der Waals surface area contributed by atoms with E-state index in [0.717, 1.165) is 63.3 Å². The SMILES string of the molecule is CN(CCN1CCOCC1)C(=O)c1cccc(C(=O)Nc2ccc(N3CCCCC3)cc2C(=O)Nc2nc(-c3cccc(C(F)(F)F)c3)n[nH]2)c1. The highest BCUT2D eigenvalue weighted by atomic mass is 19.4. The molecule has 1 aromatic heterocycles. The van der Waals surface area contributed by atoms with E-state index in [0.29, 0.717) is 31.9 Å². The van der Waals surface area contributed by atoms with E-state index in [9.17, 15) is 27.6 Å². The van der Waals surface area contributed by atoms with Gasteiger partial charge in [0, 0.05) is 68.7 Å². The molecule has 268 valence electrons. The molecule has 3 aromatic carbocycles. The lowest BCUT2D eigenvalue weighted by molar-refractivity contribution is -0.137. The zero-order valence-corrected chi connectivity index (χ0v) is 28.1. The van der Waals surface area contributed by atoms with Crippen molar-refractivity contribution in [2.45, 2.75) is 25.4 Å². The summed E-state index contributed by atoms with van der Waals surface area (Å²) in [6.07, 6.45) is -1.41. The van der Waals surface area contributed by atoms with Gasteiger partial charge < -0.3 is 19.9 Å². The van der Waals surface area contributed by atoms with Crippen molar-refractivity contribution in [1.82, 2.24) is 25.0 Å². The number of nitrogens with zero attached hydrogens (tertiary/aromatic N) is 5. The minimum Gasteiger partial charge on any atom is -0.379 e. The van der Waals surface area contributed by atoms with Crippen LogP contribution in [-0.2, 0) is 10.9 Å². The second-order valence-electron chi connectivity index (χ2n) is 12.5. The number of alkyl halides is 3. The molecule has 0 atom stereocenters. The third kappa shape index (κ3) is 8.91. The number of hydrogen-bond acceptors (Lipinski definition) is 8. The molecule has 12 nitrogen and oxygen atoms in total. The van der Waals surface area contributed by atoms with Gasteiger partial charge in [0.2, 0.25) is 5.95 Å². The fourth-order valence-corrected chi connectivity index (χ4v) is 6.06. The summed E-state index contributed by atoms with van der Waals surface area (Å²) in [5, 5.41) is 12.0. The summed E-state index contributed by atoms with van der Waals surface area (Å²) >= 11 is 0. The fourth-order valence-electron chi connectivity index (χ4n) is 6.06. The maximum absolute atomic E-state index is 13.7. The Kier molecular flexibility index (Phi) is 11.0. The highest BCUT2D eigenvalue weighted by Gasteiger charge is 2.31. The molecule has 0 unspecified atom stereocenters. The first kappa shape index (κ1) is 35.5. The maximum Gasteiger partial charge on any atom is 0.416 e. The molecular weight excluding hydrogens is 665 g/mol.